The number of carbonyl (C=O) groups excluding carboxylic acids is 2. The number of hydrogen-bond acceptors (Lipinski definition) is 7. The zero-order valence-corrected chi connectivity index (χ0v) is 14.8. The van der Waals surface area contributed by atoms with Crippen molar-refractivity contribution < 1.29 is 38.1 Å². The number of ether oxygens (including phenoxy) is 3. The summed E-state index contributed by atoms with van der Waals surface area (Å²) in [6.45, 7) is 1.59. The number of nitrogens with two attached hydrogens (primary N) is 1. The highest BCUT2D eigenvalue weighted by atomic mass is 19.1. The van der Waals surface area contributed by atoms with Gasteiger partial charge in [0.05, 0.1) is 5.92 Å². The lowest BCUT2D eigenvalue weighted by molar-refractivity contribution is -0.170. The lowest BCUT2D eigenvalue weighted by Crippen LogP contribution is -2.53. The Hall–Kier alpha value is -1.90. The topological polar surface area (TPSA) is 125 Å². The second-order valence-corrected chi connectivity index (χ2v) is 6.90. The quantitative estimate of drug-likeness (QED) is 0.339. The van der Waals surface area contributed by atoms with Crippen LogP contribution in [0.5, 0.6) is 0 Å². The smallest absolute Gasteiger partial charge is 0.450 e. The minimum absolute atomic E-state index is 0.0637. The molecule has 3 N–H and O–H groups in total. The highest BCUT2D eigenvalue weighted by Crippen LogP contribution is 2.62. The average molecular weight is 375 g/mol. The van der Waals surface area contributed by atoms with Gasteiger partial charge in [-0.15, -0.1) is 0 Å². The summed E-state index contributed by atoms with van der Waals surface area (Å²) in [4.78, 5) is 34.3. The number of unbranched alkanes of at least 4 members (excludes halogenated alkanes) is 4. The molecule has 2 rings (SSSR count). The van der Waals surface area contributed by atoms with Crippen LogP contribution in [0.3, 0.4) is 0 Å². The Labute approximate surface area is 151 Å². The maximum atomic E-state index is 13.9. The van der Waals surface area contributed by atoms with Gasteiger partial charge in [-0.25, -0.2) is 9.18 Å². The van der Waals surface area contributed by atoms with E-state index in [4.69, 9.17) is 20.3 Å². The van der Waals surface area contributed by atoms with Crippen molar-refractivity contribution in [2.75, 3.05) is 6.79 Å². The molecule has 0 aromatic rings. The predicted molar refractivity (Wildman–Crippen MR) is 86.4 cm³/mol. The molecule has 2 saturated carbocycles. The van der Waals surface area contributed by atoms with E-state index in [1.54, 1.807) is 0 Å². The van der Waals surface area contributed by atoms with Crippen LogP contribution >= 0.6 is 0 Å². The molecule has 0 heterocycles. The van der Waals surface area contributed by atoms with Crippen LogP contribution in [0.2, 0.25) is 0 Å². The van der Waals surface area contributed by atoms with Crippen molar-refractivity contribution in [1.29, 1.82) is 0 Å². The molecule has 2 fully saturated rings. The van der Waals surface area contributed by atoms with E-state index in [-0.39, 0.29) is 12.8 Å². The van der Waals surface area contributed by atoms with Crippen LogP contribution in [0, 0.1) is 17.8 Å². The van der Waals surface area contributed by atoms with E-state index >= 15 is 0 Å². The van der Waals surface area contributed by atoms with Crippen LogP contribution < -0.4 is 5.73 Å². The van der Waals surface area contributed by atoms with Gasteiger partial charge in [0.25, 0.3) is 0 Å². The summed E-state index contributed by atoms with van der Waals surface area (Å²) in [5.74, 6) is -3.05. The normalized spacial score (nSPS) is 31.8. The molecular weight excluding hydrogens is 349 g/mol. The van der Waals surface area contributed by atoms with Crippen LogP contribution in [-0.4, -0.2) is 41.9 Å². The molecule has 8 nitrogen and oxygen atoms in total. The van der Waals surface area contributed by atoms with Gasteiger partial charge in [0.1, 0.15) is 0 Å². The van der Waals surface area contributed by atoms with Crippen LogP contribution in [0.15, 0.2) is 0 Å². The number of rotatable bonds is 10. The Kier molecular flexibility index (Phi) is 6.80. The molecular formula is C17H26FNO7. The van der Waals surface area contributed by atoms with Crippen molar-refractivity contribution in [2.45, 2.75) is 63.8 Å². The highest BCUT2D eigenvalue weighted by Gasteiger charge is 2.74. The van der Waals surface area contributed by atoms with Gasteiger partial charge in [-0.05, 0) is 18.8 Å². The van der Waals surface area contributed by atoms with E-state index in [9.17, 15) is 18.8 Å². The van der Waals surface area contributed by atoms with Gasteiger partial charge in [0, 0.05) is 12.3 Å². The standard InChI is InChI=1S/C17H26FNO7/c1-2-3-4-5-6-7-12(20)24-9-25-15(21)13-10-8-11(18)17(19,14(10)13)26-16(22)23/h10-11,13-14H,2-9,19H2,1H3,(H,22,23)/t10-,11-,13-,14-,17+/m0/s1. The molecule has 26 heavy (non-hydrogen) atoms. The maximum absolute atomic E-state index is 13.9. The molecule has 0 aromatic heterocycles. The Morgan fingerprint density at radius 2 is 1.88 bits per heavy atom. The first-order valence-corrected chi connectivity index (χ1v) is 8.98. The van der Waals surface area contributed by atoms with Crippen molar-refractivity contribution in [3.05, 3.63) is 0 Å². The molecule has 148 valence electrons. The zero-order chi connectivity index (χ0) is 19.3. The third-order valence-electron chi connectivity index (χ3n) is 5.10. The molecule has 2 aliphatic carbocycles. The van der Waals surface area contributed by atoms with Gasteiger partial charge < -0.3 is 19.3 Å². The van der Waals surface area contributed by atoms with E-state index in [0.717, 1.165) is 32.1 Å². The van der Waals surface area contributed by atoms with Crippen LogP contribution in [0.25, 0.3) is 0 Å². The Morgan fingerprint density at radius 1 is 1.19 bits per heavy atom. The SMILES string of the molecule is CCCCCCCC(=O)OCOC(=O)[C@H]1[C@@H]2C[C@H](F)[C@@](N)(OC(=O)O)[C@@H]21. The Morgan fingerprint density at radius 3 is 2.54 bits per heavy atom. The first-order valence-electron chi connectivity index (χ1n) is 8.98. The number of carbonyl (C=O) groups is 3. The van der Waals surface area contributed by atoms with Crippen molar-refractivity contribution in [1.82, 2.24) is 0 Å². The summed E-state index contributed by atoms with van der Waals surface area (Å²) in [6.07, 6.45) is 1.83. The Balaban J connectivity index is 1.67. The summed E-state index contributed by atoms with van der Waals surface area (Å²) in [5.41, 5.74) is 3.68. The summed E-state index contributed by atoms with van der Waals surface area (Å²) in [5, 5.41) is 8.70. The van der Waals surface area contributed by atoms with E-state index in [1.165, 1.54) is 0 Å². The van der Waals surface area contributed by atoms with Crippen molar-refractivity contribution in [3.8, 4) is 0 Å². The van der Waals surface area contributed by atoms with Crippen LogP contribution in [0.4, 0.5) is 9.18 Å². The molecule has 0 saturated heterocycles. The Bertz CT molecular complexity index is 543. The fourth-order valence-corrected chi connectivity index (χ4v) is 3.71. The van der Waals surface area contributed by atoms with Crippen molar-refractivity contribution >= 4 is 18.1 Å². The minimum atomic E-state index is -2.03. The zero-order valence-electron chi connectivity index (χ0n) is 14.8. The summed E-state index contributed by atoms with van der Waals surface area (Å²) < 4.78 is 28.1. The molecule has 0 amide bonds. The van der Waals surface area contributed by atoms with Gasteiger partial charge in [-0.1, -0.05) is 32.6 Å². The maximum Gasteiger partial charge on any atom is 0.507 e. The molecule has 0 spiro atoms. The fraction of sp³-hybridized carbons (Fsp3) is 0.824. The average Bonchev–Trinajstić information content (AvgIpc) is 3.22. The monoisotopic (exact) mass is 375 g/mol. The largest absolute Gasteiger partial charge is 0.507 e. The van der Waals surface area contributed by atoms with E-state index < -0.39 is 54.5 Å². The van der Waals surface area contributed by atoms with Gasteiger partial charge in [-0.2, -0.15) is 0 Å². The second kappa shape index (κ2) is 8.66. The summed E-state index contributed by atoms with van der Waals surface area (Å²) >= 11 is 0. The number of alkyl halides is 1. The molecule has 0 aromatic carbocycles. The molecule has 0 bridgehead atoms. The number of carboxylic acid groups (broad SMARTS) is 1. The van der Waals surface area contributed by atoms with Gasteiger partial charge in [0.15, 0.2) is 6.17 Å². The summed E-state index contributed by atoms with van der Waals surface area (Å²) in [7, 11) is 0. The first kappa shape index (κ1) is 20.4. The van der Waals surface area contributed by atoms with Crippen LogP contribution in [0.1, 0.15) is 51.9 Å². The van der Waals surface area contributed by atoms with Crippen LogP contribution in [-0.2, 0) is 23.8 Å². The first-order chi connectivity index (χ1) is 12.3. The molecule has 0 aliphatic heterocycles. The number of halogens is 1. The number of fused-ring (bicyclic) bond motifs is 1. The minimum Gasteiger partial charge on any atom is -0.450 e. The lowest BCUT2D eigenvalue weighted by atomic mass is 10.0. The molecule has 2 aliphatic rings. The molecule has 5 atom stereocenters. The van der Waals surface area contributed by atoms with E-state index in [2.05, 4.69) is 11.7 Å². The van der Waals surface area contributed by atoms with Gasteiger partial charge >= 0.3 is 18.1 Å². The van der Waals surface area contributed by atoms with Crippen molar-refractivity contribution in [3.63, 3.8) is 0 Å². The third kappa shape index (κ3) is 4.63. The van der Waals surface area contributed by atoms with E-state index in [0.29, 0.717) is 0 Å². The third-order valence-corrected chi connectivity index (χ3v) is 5.10. The van der Waals surface area contributed by atoms with Gasteiger partial charge in [-0.3, -0.25) is 15.3 Å². The summed E-state index contributed by atoms with van der Waals surface area (Å²) in [6, 6.07) is 0. The molecule has 0 radical (unpaired) electrons. The number of esters is 2. The second-order valence-electron chi connectivity index (χ2n) is 6.90. The fourth-order valence-electron chi connectivity index (χ4n) is 3.71. The predicted octanol–water partition coefficient (Wildman–Crippen LogP) is 2.34. The molecule has 9 heteroatoms. The van der Waals surface area contributed by atoms with Gasteiger partial charge in [0.2, 0.25) is 12.5 Å². The lowest BCUT2D eigenvalue weighted by Gasteiger charge is -2.28. The number of hydrogen-bond donors (Lipinski definition) is 2. The van der Waals surface area contributed by atoms with Crippen molar-refractivity contribution in [2.24, 2.45) is 23.5 Å². The van der Waals surface area contributed by atoms with E-state index in [1.807, 2.05) is 0 Å². The highest BCUT2D eigenvalue weighted by molar-refractivity contribution is 5.78. The molecule has 0 unspecified atom stereocenters.